The van der Waals surface area contributed by atoms with Gasteiger partial charge in [0, 0.05) is 24.2 Å². The number of carbonyl (C=O) groups is 2. The highest BCUT2D eigenvalue weighted by Gasteiger charge is 2.29. The zero-order valence-corrected chi connectivity index (χ0v) is 12.8. The molecular weight excluding hydrogens is 290 g/mol. The first kappa shape index (κ1) is 15.2. The molecule has 0 radical (unpaired) electrons. The van der Waals surface area contributed by atoms with Crippen molar-refractivity contribution in [2.75, 3.05) is 0 Å². The fourth-order valence-electron chi connectivity index (χ4n) is 2.23. The van der Waals surface area contributed by atoms with Crippen LogP contribution in [0.25, 0.3) is 0 Å². The van der Waals surface area contributed by atoms with Gasteiger partial charge in [0.25, 0.3) is 5.91 Å². The van der Waals surface area contributed by atoms with Gasteiger partial charge in [-0.1, -0.05) is 18.2 Å². The first-order chi connectivity index (χ1) is 11.2. The summed E-state index contributed by atoms with van der Waals surface area (Å²) in [5, 5.41) is 5.75. The Morgan fingerprint density at radius 2 is 1.78 bits per heavy atom. The molecule has 5 nitrogen and oxygen atoms in total. The summed E-state index contributed by atoms with van der Waals surface area (Å²) in [7, 11) is 0. The molecule has 2 aromatic rings. The largest absolute Gasteiger partial charge is 0.352 e. The van der Waals surface area contributed by atoms with Crippen LogP contribution in [0.1, 0.15) is 34.5 Å². The number of rotatable bonds is 6. The molecule has 1 aromatic heterocycles. The van der Waals surface area contributed by atoms with Crippen molar-refractivity contribution in [1.29, 1.82) is 0 Å². The summed E-state index contributed by atoms with van der Waals surface area (Å²) in [4.78, 5) is 27.8. The average molecular weight is 309 g/mol. The summed E-state index contributed by atoms with van der Waals surface area (Å²) in [6, 6.07) is 12.9. The molecule has 0 spiro atoms. The minimum absolute atomic E-state index is 0.127. The van der Waals surface area contributed by atoms with Gasteiger partial charge in [-0.05, 0) is 42.7 Å². The molecular formula is C18H19N3O2. The van der Waals surface area contributed by atoms with Gasteiger partial charge < -0.3 is 10.6 Å². The Morgan fingerprint density at radius 3 is 2.43 bits per heavy atom. The molecule has 1 aliphatic carbocycles. The van der Waals surface area contributed by atoms with Gasteiger partial charge in [0.15, 0.2) is 0 Å². The minimum atomic E-state index is -0.135. The lowest BCUT2D eigenvalue weighted by molar-refractivity contribution is -0.122. The second-order valence-corrected chi connectivity index (χ2v) is 5.69. The van der Waals surface area contributed by atoms with E-state index < -0.39 is 0 Å². The maximum Gasteiger partial charge on any atom is 0.251 e. The molecule has 118 valence electrons. The average Bonchev–Trinajstić information content (AvgIpc) is 3.44. The van der Waals surface area contributed by atoms with Gasteiger partial charge in [-0.3, -0.25) is 14.6 Å². The molecule has 1 heterocycles. The molecule has 1 fully saturated rings. The van der Waals surface area contributed by atoms with Gasteiger partial charge in [0.2, 0.25) is 5.91 Å². The summed E-state index contributed by atoms with van der Waals surface area (Å²) in [5.74, 6) is 0.207. The predicted molar refractivity (Wildman–Crippen MR) is 86.4 cm³/mol. The van der Waals surface area contributed by atoms with Crippen molar-refractivity contribution in [3.8, 4) is 0 Å². The number of hydrogen-bond donors (Lipinski definition) is 2. The van der Waals surface area contributed by atoms with Crippen LogP contribution in [0.15, 0.2) is 48.7 Å². The van der Waals surface area contributed by atoms with Gasteiger partial charge in [0.05, 0.1) is 12.2 Å². The molecule has 0 saturated heterocycles. The summed E-state index contributed by atoms with van der Waals surface area (Å²) in [5.41, 5.74) is 2.40. The molecule has 0 bridgehead atoms. The number of nitrogens with one attached hydrogen (secondary N) is 2. The highest BCUT2D eigenvalue weighted by Crippen LogP contribution is 2.28. The van der Waals surface area contributed by atoms with E-state index >= 15 is 0 Å². The number of pyridine rings is 1. The molecule has 3 rings (SSSR count). The van der Waals surface area contributed by atoms with Crippen LogP contribution in [-0.4, -0.2) is 16.8 Å². The third-order valence-electron chi connectivity index (χ3n) is 3.79. The van der Waals surface area contributed by atoms with E-state index in [9.17, 15) is 9.59 Å². The first-order valence-corrected chi connectivity index (χ1v) is 7.77. The Morgan fingerprint density at radius 1 is 1.00 bits per heavy atom. The lowest BCUT2D eigenvalue weighted by Gasteiger charge is -2.07. The molecule has 5 heteroatoms. The van der Waals surface area contributed by atoms with E-state index in [4.69, 9.17) is 0 Å². The Balaban J connectivity index is 1.49. The van der Waals surface area contributed by atoms with Crippen molar-refractivity contribution in [3.05, 3.63) is 65.5 Å². The van der Waals surface area contributed by atoms with Gasteiger partial charge in [-0.2, -0.15) is 0 Å². The summed E-state index contributed by atoms with van der Waals surface area (Å²) in [6.07, 6.45) is 3.70. The van der Waals surface area contributed by atoms with E-state index in [1.54, 1.807) is 18.3 Å². The van der Waals surface area contributed by atoms with E-state index in [0.29, 0.717) is 18.7 Å². The molecule has 0 aliphatic heterocycles. The normalized spacial score (nSPS) is 13.4. The molecule has 1 aliphatic rings. The zero-order chi connectivity index (χ0) is 16.1. The van der Waals surface area contributed by atoms with E-state index in [-0.39, 0.29) is 17.7 Å². The van der Waals surface area contributed by atoms with Crippen molar-refractivity contribution < 1.29 is 9.59 Å². The molecule has 1 aromatic carbocycles. The smallest absolute Gasteiger partial charge is 0.251 e. The third kappa shape index (κ3) is 4.39. The molecule has 23 heavy (non-hydrogen) atoms. The topological polar surface area (TPSA) is 71.1 Å². The number of amides is 2. The summed E-state index contributed by atoms with van der Waals surface area (Å²) in [6.45, 7) is 0.907. The van der Waals surface area contributed by atoms with Crippen LogP contribution >= 0.6 is 0 Å². The molecule has 2 amide bonds. The number of aromatic nitrogens is 1. The Hall–Kier alpha value is -2.69. The predicted octanol–water partition coefficient (Wildman–Crippen LogP) is 2.04. The molecule has 0 unspecified atom stereocenters. The Labute approximate surface area is 135 Å². The first-order valence-electron chi connectivity index (χ1n) is 7.77. The zero-order valence-electron chi connectivity index (χ0n) is 12.8. The monoisotopic (exact) mass is 309 g/mol. The molecule has 2 N–H and O–H groups in total. The standard InChI is InChI=1S/C18H19N3O2/c22-17(15-8-9-15)20-11-13-4-6-14(7-5-13)18(23)21-12-16-3-1-2-10-19-16/h1-7,10,15H,8-9,11-12H2,(H,20,22)(H,21,23). The van der Waals surface area contributed by atoms with Crippen LogP contribution in [0.3, 0.4) is 0 Å². The van der Waals surface area contributed by atoms with Crippen molar-refractivity contribution in [2.24, 2.45) is 5.92 Å². The van der Waals surface area contributed by atoms with Crippen LogP contribution in [-0.2, 0) is 17.9 Å². The van der Waals surface area contributed by atoms with Crippen molar-refractivity contribution in [3.63, 3.8) is 0 Å². The SMILES string of the molecule is O=C(NCc1ccccn1)c1ccc(CNC(=O)C2CC2)cc1. The number of nitrogens with zero attached hydrogens (tertiary/aromatic N) is 1. The quantitative estimate of drug-likeness (QED) is 0.858. The van der Waals surface area contributed by atoms with E-state index in [1.807, 2.05) is 30.3 Å². The van der Waals surface area contributed by atoms with Gasteiger partial charge in [-0.15, -0.1) is 0 Å². The number of hydrogen-bond acceptors (Lipinski definition) is 3. The molecule has 0 atom stereocenters. The van der Waals surface area contributed by atoms with Gasteiger partial charge >= 0.3 is 0 Å². The van der Waals surface area contributed by atoms with E-state index in [1.165, 1.54) is 0 Å². The van der Waals surface area contributed by atoms with E-state index in [2.05, 4.69) is 15.6 Å². The number of carbonyl (C=O) groups excluding carboxylic acids is 2. The highest BCUT2D eigenvalue weighted by atomic mass is 16.2. The van der Waals surface area contributed by atoms with Crippen LogP contribution in [0.4, 0.5) is 0 Å². The second-order valence-electron chi connectivity index (χ2n) is 5.69. The summed E-state index contributed by atoms with van der Waals surface area (Å²) < 4.78 is 0. The number of benzene rings is 1. The van der Waals surface area contributed by atoms with Crippen LogP contribution in [0.5, 0.6) is 0 Å². The van der Waals surface area contributed by atoms with Crippen LogP contribution in [0, 0.1) is 5.92 Å². The third-order valence-corrected chi connectivity index (χ3v) is 3.79. The minimum Gasteiger partial charge on any atom is -0.352 e. The van der Waals surface area contributed by atoms with Crippen molar-refractivity contribution in [1.82, 2.24) is 15.6 Å². The van der Waals surface area contributed by atoms with Gasteiger partial charge in [-0.25, -0.2) is 0 Å². The second kappa shape index (κ2) is 7.05. The Bertz CT molecular complexity index is 679. The fraction of sp³-hybridized carbons (Fsp3) is 0.278. The molecule has 1 saturated carbocycles. The van der Waals surface area contributed by atoms with Gasteiger partial charge in [0.1, 0.15) is 0 Å². The van der Waals surface area contributed by atoms with Crippen molar-refractivity contribution in [2.45, 2.75) is 25.9 Å². The Kier molecular flexibility index (Phi) is 4.66. The maximum absolute atomic E-state index is 12.1. The van der Waals surface area contributed by atoms with Crippen LogP contribution < -0.4 is 10.6 Å². The fourth-order valence-corrected chi connectivity index (χ4v) is 2.23. The maximum atomic E-state index is 12.1. The van der Waals surface area contributed by atoms with Crippen LogP contribution in [0.2, 0.25) is 0 Å². The lowest BCUT2D eigenvalue weighted by atomic mass is 10.1. The highest BCUT2D eigenvalue weighted by molar-refractivity contribution is 5.94. The van der Waals surface area contributed by atoms with Crippen molar-refractivity contribution >= 4 is 11.8 Å². The summed E-state index contributed by atoms with van der Waals surface area (Å²) >= 11 is 0. The lowest BCUT2D eigenvalue weighted by Crippen LogP contribution is -2.24. The van der Waals surface area contributed by atoms with E-state index in [0.717, 1.165) is 24.1 Å².